The molecule has 2 rings (SSSR count). The molecular weight excluding hydrogens is 709 g/mol. The molecule has 0 unspecified atom stereocenters. The summed E-state index contributed by atoms with van der Waals surface area (Å²) in [5, 5.41) is 6.66. The van der Waals surface area contributed by atoms with Gasteiger partial charge in [0.15, 0.2) is 23.0 Å². The van der Waals surface area contributed by atoms with Crippen molar-refractivity contribution < 1.29 is 18.9 Å². The normalized spacial score (nSPS) is 11.0. The van der Waals surface area contributed by atoms with E-state index in [4.69, 9.17) is 43.4 Å². The highest BCUT2D eigenvalue weighted by molar-refractivity contribution is 7.89. The highest BCUT2D eigenvalue weighted by Gasteiger charge is 2.13. The van der Waals surface area contributed by atoms with Crippen LogP contribution in [0.3, 0.4) is 0 Å². The van der Waals surface area contributed by atoms with Crippen molar-refractivity contribution in [2.75, 3.05) is 37.1 Å². The van der Waals surface area contributed by atoms with Crippen LogP contribution in [0.4, 0.5) is 11.4 Å². The van der Waals surface area contributed by atoms with E-state index < -0.39 is 0 Å². The molecule has 0 bridgehead atoms. The SMILES string of the molecule is CCCCCCCCOc1ccc(NC(=S)C(=S)Nc2ccc(OCCCCCCCC)c(OCCCCCCCC)c2)cc1OCCCCCCCC. The first kappa shape index (κ1) is 47.6. The average Bonchev–Trinajstić information content (AvgIpc) is 3.17. The minimum absolute atomic E-state index is 0.436. The molecule has 306 valence electrons. The van der Waals surface area contributed by atoms with Gasteiger partial charge >= 0.3 is 0 Å². The van der Waals surface area contributed by atoms with Gasteiger partial charge in [-0.25, -0.2) is 0 Å². The van der Waals surface area contributed by atoms with Crippen molar-refractivity contribution in [3.8, 4) is 23.0 Å². The first-order valence-electron chi connectivity index (χ1n) is 21.9. The summed E-state index contributed by atoms with van der Waals surface area (Å²) in [4.78, 5) is 0.871. The van der Waals surface area contributed by atoms with Crippen molar-refractivity contribution in [3.05, 3.63) is 36.4 Å². The van der Waals surface area contributed by atoms with E-state index in [1.807, 2.05) is 36.4 Å². The standard InChI is InChI=1S/C46H76N2O4S2/c1-5-9-13-17-21-25-33-49-41-31-29-39(37-43(41)51-35-27-23-19-15-11-7-3)47-45(53)46(54)48-40-30-32-42(50-34-26-22-18-14-10-6-2)44(38-40)52-36-28-24-20-16-12-8-4/h29-32,37-38H,5-28,33-36H2,1-4H3,(H,47,53)(H,48,54). The summed E-state index contributed by atoms with van der Waals surface area (Å²) in [6, 6.07) is 11.9. The fourth-order valence-corrected chi connectivity index (χ4v) is 6.61. The van der Waals surface area contributed by atoms with E-state index in [0.717, 1.165) is 60.1 Å². The molecule has 8 heteroatoms. The van der Waals surface area contributed by atoms with Gasteiger partial charge in [0.1, 0.15) is 9.98 Å². The molecule has 54 heavy (non-hydrogen) atoms. The van der Waals surface area contributed by atoms with Gasteiger partial charge in [0, 0.05) is 23.5 Å². The molecular formula is C46H76N2O4S2. The van der Waals surface area contributed by atoms with Crippen molar-refractivity contribution in [2.45, 2.75) is 182 Å². The maximum atomic E-state index is 6.30. The molecule has 0 aromatic heterocycles. The van der Waals surface area contributed by atoms with Crippen LogP contribution in [0, 0.1) is 0 Å². The summed E-state index contributed by atoms with van der Waals surface area (Å²) in [5.41, 5.74) is 1.63. The van der Waals surface area contributed by atoms with E-state index in [1.54, 1.807) is 0 Å². The molecule has 6 nitrogen and oxygen atoms in total. The lowest BCUT2D eigenvalue weighted by Crippen LogP contribution is -2.25. The number of thiocarbonyl (C=S) groups is 2. The summed E-state index contributed by atoms with van der Waals surface area (Å²) in [7, 11) is 0. The van der Waals surface area contributed by atoms with Gasteiger partial charge in [-0.1, -0.05) is 181 Å². The van der Waals surface area contributed by atoms with Crippen LogP contribution in [0.25, 0.3) is 0 Å². The van der Waals surface area contributed by atoms with Crippen molar-refractivity contribution in [1.82, 2.24) is 0 Å². The van der Waals surface area contributed by atoms with Crippen molar-refractivity contribution >= 4 is 45.8 Å². The molecule has 0 saturated carbocycles. The van der Waals surface area contributed by atoms with Crippen molar-refractivity contribution in [2.24, 2.45) is 0 Å². The molecule has 2 aromatic rings. The Morgan fingerprint density at radius 2 is 0.630 bits per heavy atom. The third-order valence-electron chi connectivity index (χ3n) is 9.63. The number of ether oxygens (including phenoxy) is 4. The second kappa shape index (κ2) is 32.6. The summed E-state index contributed by atoms with van der Waals surface area (Å²) in [6.45, 7) is 11.7. The lowest BCUT2D eigenvalue weighted by molar-refractivity contribution is 0.258. The molecule has 2 aromatic carbocycles. The van der Waals surface area contributed by atoms with Gasteiger partial charge in [-0.05, 0) is 49.9 Å². The number of anilines is 2. The first-order chi connectivity index (χ1) is 26.5. The molecule has 0 heterocycles. The third kappa shape index (κ3) is 22.7. The second-order valence-electron chi connectivity index (χ2n) is 14.7. The number of unbranched alkanes of at least 4 members (excludes halogenated alkanes) is 20. The summed E-state index contributed by atoms with van der Waals surface area (Å²) in [5.74, 6) is 3.04. The molecule has 0 fully saturated rings. The molecule has 0 aliphatic rings. The zero-order chi connectivity index (χ0) is 38.9. The van der Waals surface area contributed by atoms with E-state index in [9.17, 15) is 0 Å². The average molecular weight is 785 g/mol. The maximum absolute atomic E-state index is 6.30. The lowest BCUT2D eigenvalue weighted by Gasteiger charge is -2.17. The Bertz CT molecular complexity index is 1160. The number of benzene rings is 2. The van der Waals surface area contributed by atoms with Gasteiger partial charge in [0.2, 0.25) is 0 Å². The van der Waals surface area contributed by atoms with Crippen LogP contribution in [0.15, 0.2) is 36.4 Å². The van der Waals surface area contributed by atoms with E-state index in [2.05, 4.69) is 38.3 Å². The van der Waals surface area contributed by atoms with Crippen molar-refractivity contribution in [1.29, 1.82) is 0 Å². The smallest absolute Gasteiger partial charge is 0.163 e. The Labute approximate surface area is 341 Å². The monoisotopic (exact) mass is 785 g/mol. The number of hydrogen-bond acceptors (Lipinski definition) is 6. The summed E-state index contributed by atoms with van der Waals surface area (Å²) >= 11 is 11.5. The van der Waals surface area contributed by atoms with Crippen LogP contribution in [-0.4, -0.2) is 36.4 Å². The van der Waals surface area contributed by atoms with Crippen LogP contribution in [-0.2, 0) is 0 Å². The van der Waals surface area contributed by atoms with Crippen molar-refractivity contribution in [3.63, 3.8) is 0 Å². The first-order valence-corrected chi connectivity index (χ1v) is 22.8. The predicted octanol–water partition coefficient (Wildman–Crippen LogP) is 14.8. The fourth-order valence-electron chi connectivity index (χ4n) is 6.27. The van der Waals surface area contributed by atoms with Crippen LogP contribution in [0.5, 0.6) is 23.0 Å². The molecule has 0 radical (unpaired) electrons. The minimum Gasteiger partial charge on any atom is -0.490 e. The van der Waals surface area contributed by atoms with Gasteiger partial charge < -0.3 is 29.6 Å². The Kier molecular flexibility index (Phi) is 28.8. The molecule has 0 atom stereocenters. The third-order valence-corrected chi connectivity index (χ3v) is 10.4. The van der Waals surface area contributed by atoms with Crippen LogP contribution in [0.1, 0.15) is 182 Å². The van der Waals surface area contributed by atoms with Crippen LogP contribution in [0.2, 0.25) is 0 Å². The Morgan fingerprint density at radius 3 is 0.926 bits per heavy atom. The van der Waals surface area contributed by atoms with Gasteiger partial charge in [0.05, 0.1) is 26.4 Å². The van der Waals surface area contributed by atoms with E-state index in [0.29, 0.717) is 36.4 Å². The Balaban J connectivity index is 2.02. The zero-order valence-electron chi connectivity index (χ0n) is 34.7. The minimum atomic E-state index is 0.436. The molecule has 2 N–H and O–H groups in total. The molecule has 0 saturated heterocycles. The predicted molar refractivity (Wildman–Crippen MR) is 241 cm³/mol. The zero-order valence-corrected chi connectivity index (χ0v) is 36.3. The summed E-state index contributed by atoms with van der Waals surface area (Å²) < 4.78 is 25.0. The fraction of sp³-hybridized carbons (Fsp3) is 0.696. The summed E-state index contributed by atoms with van der Waals surface area (Å²) in [6.07, 6.45) is 29.3. The topological polar surface area (TPSA) is 61.0 Å². The quantitative estimate of drug-likeness (QED) is 0.0537. The molecule has 0 aliphatic carbocycles. The van der Waals surface area contributed by atoms with Gasteiger partial charge in [-0.3, -0.25) is 0 Å². The molecule has 0 spiro atoms. The largest absolute Gasteiger partial charge is 0.490 e. The van der Waals surface area contributed by atoms with Gasteiger partial charge in [-0.2, -0.15) is 0 Å². The molecule has 0 aliphatic heterocycles. The van der Waals surface area contributed by atoms with Gasteiger partial charge in [0.25, 0.3) is 0 Å². The molecule has 0 amide bonds. The Morgan fingerprint density at radius 1 is 0.370 bits per heavy atom. The second-order valence-corrected chi connectivity index (χ2v) is 15.5. The Hall–Kier alpha value is -2.58. The van der Waals surface area contributed by atoms with E-state index >= 15 is 0 Å². The van der Waals surface area contributed by atoms with Gasteiger partial charge in [-0.15, -0.1) is 0 Å². The highest BCUT2D eigenvalue weighted by atomic mass is 32.1. The number of hydrogen-bond donors (Lipinski definition) is 2. The maximum Gasteiger partial charge on any atom is 0.163 e. The van der Waals surface area contributed by atoms with E-state index in [1.165, 1.54) is 128 Å². The lowest BCUT2D eigenvalue weighted by atomic mass is 10.1. The number of rotatable bonds is 34. The highest BCUT2D eigenvalue weighted by Crippen LogP contribution is 2.33. The van der Waals surface area contributed by atoms with Crippen LogP contribution >= 0.6 is 24.4 Å². The number of nitrogens with one attached hydrogen (secondary N) is 2. The van der Waals surface area contributed by atoms with Crippen LogP contribution < -0.4 is 29.6 Å². The van der Waals surface area contributed by atoms with E-state index in [-0.39, 0.29) is 0 Å².